The zero-order valence-corrected chi connectivity index (χ0v) is 15.9. The number of benzene rings is 1. The summed E-state index contributed by atoms with van der Waals surface area (Å²) in [6, 6.07) is 13.2. The molecule has 3 heterocycles. The van der Waals surface area contributed by atoms with Gasteiger partial charge in [0.2, 0.25) is 5.95 Å². The fourth-order valence-electron chi connectivity index (χ4n) is 3.06. The highest BCUT2D eigenvalue weighted by Gasteiger charge is 2.16. The summed E-state index contributed by atoms with van der Waals surface area (Å²) < 4.78 is 0. The van der Waals surface area contributed by atoms with Crippen molar-refractivity contribution in [3.05, 3.63) is 58.4 Å². The van der Waals surface area contributed by atoms with Crippen molar-refractivity contribution in [1.82, 2.24) is 9.97 Å². The van der Waals surface area contributed by atoms with Gasteiger partial charge >= 0.3 is 0 Å². The van der Waals surface area contributed by atoms with E-state index in [-0.39, 0.29) is 5.91 Å². The highest BCUT2D eigenvalue weighted by atomic mass is 32.1. The second kappa shape index (κ2) is 7.75. The van der Waals surface area contributed by atoms with Crippen LogP contribution in [0.2, 0.25) is 0 Å². The predicted molar refractivity (Wildman–Crippen MR) is 110 cm³/mol. The molecule has 0 aliphatic carbocycles. The van der Waals surface area contributed by atoms with Crippen molar-refractivity contribution in [2.45, 2.75) is 19.8 Å². The van der Waals surface area contributed by atoms with Gasteiger partial charge in [0.05, 0.1) is 4.88 Å². The van der Waals surface area contributed by atoms with Gasteiger partial charge in [0.1, 0.15) is 5.82 Å². The lowest BCUT2D eigenvalue weighted by atomic mass is 10.2. The van der Waals surface area contributed by atoms with Crippen LogP contribution in [0.1, 0.15) is 28.2 Å². The molecule has 0 saturated carbocycles. The van der Waals surface area contributed by atoms with Gasteiger partial charge in [0.25, 0.3) is 5.91 Å². The summed E-state index contributed by atoms with van der Waals surface area (Å²) in [4.78, 5) is 24.2. The van der Waals surface area contributed by atoms with Gasteiger partial charge in [0.15, 0.2) is 0 Å². The molecular formula is C20H21N5OS. The van der Waals surface area contributed by atoms with Crippen LogP contribution in [0.3, 0.4) is 0 Å². The van der Waals surface area contributed by atoms with Crippen molar-refractivity contribution >= 4 is 40.4 Å². The van der Waals surface area contributed by atoms with Gasteiger partial charge in [-0.05, 0) is 55.5 Å². The Morgan fingerprint density at radius 1 is 1.07 bits per heavy atom. The summed E-state index contributed by atoms with van der Waals surface area (Å²) in [6.45, 7) is 4.01. The smallest absolute Gasteiger partial charge is 0.265 e. The fourth-order valence-corrected chi connectivity index (χ4v) is 3.68. The van der Waals surface area contributed by atoms with E-state index >= 15 is 0 Å². The van der Waals surface area contributed by atoms with E-state index in [1.54, 1.807) is 0 Å². The van der Waals surface area contributed by atoms with Gasteiger partial charge in [-0.2, -0.15) is 4.98 Å². The first-order valence-corrected chi connectivity index (χ1v) is 9.88. The van der Waals surface area contributed by atoms with E-state index in [2.05, 4.69) is 25.5 Å². The summed E-state index contributed by atoms with van der Waals surface area (Å²) in [5.41, 5.74) is 2.61. The lowest BCUT2D eigenvalue weighted by Crippen LogP contribution is -2.21. The van der Waals surface area contributed by atoms with E-state index in [4.69, 9.17) is 0 Å². The molecule has 7 heteroatoms. The first-order chi connectivity index (χ1) is 13.2. The number of nitrogens with zero attached hydrogens (tertiary/aromatic N) is 3. The summed E-state index contributed by atoms with van der Waals surface area (Å²) in [5, 5.41) is 8.12. The molecular weight excluding hydrogens is 358 g/mol. The molecule has 4 rings (SSSR count). The maximum Gasteiger partial charge on any atom is 0.265 e. The highest BCUT2D eigenvalue weighted by molar-refractivity contribution is 7.12. The number of carbonyl (C=O) groups is 1. The van der Waals surface area contributed by atoms with Crippen molar-refractivity contribution in [1.29, 1.82) is 0 Å². The van der Waals surface area contributed by atoms with Gasteiger partial charge in [-0.25, -0.2) is 4.98 Å². The minimum absolute atomic E-state index is 0.0904. The van der Waals surface area contributed by atoms with Crippen LogP contribution in [0.5, 0.6) is 0 Å². The molecule has 6 nitrogen and oxygen atoms in total. The van der Waals surface area contributed by atoms with Gasteiger partial charge < -0.3 is 15.5 Å². The zero-order valence-electron chi connectivity index (χ0n) is 15.1. The van der Waals surface area contributed by atoms with Crippen molar-refractivity contribution < 1.29 is 4.79 Å². The molecule has 3 aromatic rings. The minimum Gasteiger partial charge on any atom is -0.341 e. The van der Waals surface area contributed by atoms with Crippen molar-refractivity contribution in [2.75, 3.05) is 28.6 Å². The molecule has 0 bridgehead atoms. The number of rotatable bonds is 5. The summed E-state index contributed by atoms with van der Waals surface area (Å²) in [5.74, 6) is 1.47. The van der Waals surface area contributed by atoms with E-state index in [0.29, 0.717) is 4.88 Å². The van der Waals surface area contributed by atoms with Gasteiger partial charge in [-0.3, -0.25) is 4.79 Å². The molecule has 2 aromatic heterocycles. The largest absolute Gasteiger partial charge is 0.341 e. The van der Waals surface area contributed by atoms with Crippen LogP contribution in [0.25, 0.3) is 0 Å². The van der Waals surface area contributed by atoms with E-state index in [1.165, 1.54) is 24.2 Å². The molecule has 0 atom stereocenters. The number of hydrogen-bond acceptors (Lipinski definition) is 6. The molecule has 1 fully saturated rings. The second-order valence-electron chi connectivity index (χ2n) is 6.52. The van der Waals surface area contributed by atoms with Crippen LogP contribution >= 0.6 is 11.3 Å². The van der Waals surface area contributed by atoms with Crippen molar-refractivity contribution in [2.24, 2.45) is 0 Å². The van der Waals surface area contributed by atoms with Crippen molar-refractivity contribution in [3.63, 3.8) is 0 Å². The molecule has 0 radical (unpaired) electrons. The van der Waals surface area contributed by atoms with Crippen LogP contribution in [-0.2, 0) is 0 Å². The Kier molecular flexibility index (Phi) is 5.02. The molecule has 1 aliphatic heterocycles. The Balaban J connectivity index is 1.44. The average Bonchev–Trinajstić information content (AvgIpc) is 3.37. The Hall–Kier alpha value is -2.93. The lowest BCUT2D eigenvalue weighted by molar-refractivity contribution is 0.103. The molecule has 1 aromatic carbocycles. The molecule has 0 spiro atoms. The monoisotopic (exact) mass is 379 g/mol. The molecule has 27 heavy (non-hydrogen) atoms. The SMILES string of the molecule is Cc1cc(Nc2ccc(NC(=O)c3cccs3)cc2)nc(N2CCCC2)n1. The molecule has 1 aliphatic rings. The zero-order chi connectivity index (χ0) is 18.6. The van der Waals surface area contributed by atoms with Gasteiger partial charge in [-0.1, -0.05) is 6.07 Å². The highest BCUT2D eigenvalue weighted by Crippen LogP contribution is 2.22. The summed E-state index contributed by atoms with van der Waals surface area (Å²) >= 11 is 1.43. The predicted octanol–water partition coefficient (Wildman–Crippen LogP) is 4.44. The molecule has 1 saturated heterocycles. The maximum absolute atomic E-state index is 12.1. The maximum atomic E-state index is 12.1. The number of anilines is 4. The third-order valence-electron chi connectivity index (χ3n) is 4.39. The number of thiophene rings is 1. The van der Waals surface area contributed by atoms with E-state index in [0.717, 1.165) is 41.9 Å². The van der Waals surface area contributed by atoms with E-state index < -0.39 is 0 Å². The van der Waals surface area contributed by atoms with Crippen LogP contribution in [0.15, 0.2) is 47.8 Å². The number of aromatic nitrogens is 2. The first kappa shape index (κ1) is 17.5. The van der Waals surface area contributed by atoms with Gasteiger partial charge in [-0.15, -0.1) is 11.3 Å². The Labute approximate surface area is 162 Å². The Morgan fingerprint density at radius 2 is 1.81 bits per heavy atom. The number of amides is 1. The van der Waals surface area contributed by atoms with E-state index in [1.807, 2.05) is 54.8 Å². The van der Waals surface area contributed by atoms with Crippen LogP contribution in [-0.4, -0.2) is 29.0 Å². The van der Waals surface area contributed by atoms with Crippen LogP contribution in [0, 0.1) is 6.92 Å². The third-order valence-corrected chi connectivity index (χ3v) is 5.26. The second-order valence-corrected chi connectivity index (χ2v) is 7.47. The van der Waals surface area contributed by atoms with Crippen LogP contribution < -0.4 is 15.5 Å². The lowest BCUT2D eigenvalue weighted by Gasteiger charge is -2.17. The molecule has 138 valence electrons. The quantitative estimate of drug-likeness (QED) is 0.686. The number of carbonyl (C=O) groups excluding carboxylic acids is 1. The summed E-state index contributed by atoms with van der Waals surface area (Å²) in [7, 11) is 0. The normalized spacial score (nSPS) is 13.6. The Morgan fingerprint density at radius 3 is 2.52 bits per heavy atom. The fraction of sp³-hybridized carbons (Fsp3) is 0.250. The number of hydrogen-bond donors (Lipinski definition) is 2. The average molecular weight is 379 g/mol. The van der Waals surface area contributed by atoms with E-state index in [9.17, 15) is 4.79 Å². The minimum atomic E-state index is -0.0904. The topological polar surface area (TPSA) is 70.2 Å². The first-order valence-electron chi connectivity index (χ1n) is 9.00. The standard InChI is InChI=1S/C20H21N5OS/c1-14-13-18(24-20(21-14)25-10-2-3-11-25)22-15-6-8-16(9-7-15)23-19(26)17-5-4-12-27-17/h4-9,12-13H,2-3,10-11H2,1H3,(H,23,26)(H,21,22,24). The number of aryl methyl sites for hydroxylation is 1. The molecule has 2 N–H and O–H groups in total. The molecule has 0 unspecified atom stereocenters. The third kappa shape index (κ3) is 4.25. The number of nitrogens with one attached hydrogen (secondary N) is 2. The summed E-state index contributed by atoms with van der Waals surface area (Å²) in [6.07, 6.45) is 2.39. The van der Waals surface area contributed by atoms with Crippen molar-refractivity contribution in [3.8, 4) is 0 Å². The molecule has 1 amide bonds. The van der Waals surface area contributed by atoms with Crippen LogP contribution in [0.4, 0.5) is 23.1 Å². The Bertz CT molecular complexity index is 918. The van der Waals surface area contributed by atoms with Gasteiger partial charge in [0, 0.05) is 36.2 Å².